The fourth-order valence-corrected chi connectivity index (χ4v) is 4.39. The number of pyridine rings is 1. The number of nitrogens with two attached hydrogens (primary N) is 1. The number of hydrogen-bond acceptors (Lipinski definition) is 8. The summed E-state index contributed by atoms with van der Waals surface area (Å²) in [7, 11) is 1.31. The summed E-state index contributed by atoms with van der Waals surface area (Å²) < 4.78 is 75.5. The van der Waals surface area contributed by atoms with Crippen molar-refractivity contribution >= 4 is 29.6 Å². The van der Waals surface area contributed by atoms with Crippen LogP contribution in [0, 0.1) is 5.82 Å². The van der Waals surface area contributed by atoms with Gasteiger partial charge in [0.25, 0.3) is 5.91 Å². The van der Waals surface area contributed by atoms with E-state index in [0.717, 1.165) is 12.1 Å². The summed E-state index contributed by atoms with van der Waals surface area (Å²) in [5.41, 5.74) is 4.81. The third-order valence-corrected chi connectivity index (χ3v) is 7.27. The number of methoxy groups -OCH3 is 1. The van der Waals surface area contributed by atoms with Crippen LogP contribution in [0.5, 0.6) is 11.5 Å². The molecule has 0 saturated heterocycles. The molecule has 5 N–H and O–H groups in total. The van der Waals surface area contributed by atoms with E-state index < -0.39 is 52.5 Å². The third kappa shape index (κ3) is 7.22. The van der Waals surface area contributed by atoms with Gasteiger partial charge in [-0.3, -0.25) is 9.78 Å². The lowest BCUT2D eigenvalue weighted by Gasteiger charge is -2.34. The lowest BCUT2D eigenvalue weighted by Crippen LogP contribution is -2.49. The van der Waals surface area contributed by atoms with Crippen LogP contribution < -0.4 is 20.5 Å². The van der Waals surface area contributed by atoms with Gasteiger partial charge in [0.2, 0.25) is 0 Å². The number of carbonyl (C=O) groups excluding carboxylic acids is 1. The lowest BCUT2D eigenvalue weighted by molar-refractivity contribution is -0.162. The molecule has 8 nitrogen and oxygen atoms in total. The van der Waals surface area contributed by atoms with E-state index in [0.29, 0.717) is 0 Å². The van der Waals surface area contributed by atoms with Crippen molar-refractivity contribution in [3.05, 3.63) is 76.2 Å². The number of alkyl halides is 3. The van der Waals surface area contributed by atoms with Gasteiger partial charge in [-0.15, -0.1) is 0 Å². The van der Waals surface area contributed by atoms with E-state index in [4.69, 9.17) is 31.9 Å². The summed E-state index contributed by atoms with van der Waals surface area (Å²) in [6.07, 6.45) is -5.12. The Kier molecular flexibility index (Phi) is 10.1. The number of aliphatic hydroxyl groups is 1. The summed E-state index contributed by atoms with van der Waals surface area (Å²) in [4.78, 5) is 17.1. The molecule has 3 aromatic rings. The minimum atomic E-state index is -5.12. The molecular weight excluding hydrogens is 590 g/mol. The molecule has 1 atom stereocenters. The van der Waals surface area contributed by atoms with Crippen LogP contribution in [0.3, 0.4) is 0 Å². The standard InChI is InChI=1S/C27H28ClF4N3O5S/c1-25(2,33)17-12-20(15-4-6-19(29)18(28)10-15)35-23(13-17)26(41-38,27(30,31)32)14-34-24(37)16-5-7-21(40-9-8-36)22(11-16)39-3/h4-7,10-13,36,38H,8-9,14,33H2,1-3H3,(H,34,37). The molecule has 222 valence electrons. The molecule has 1 amide bonds. The van der Waals surface area contributed by atoms with Crippen LogP contribution in [0.25, 0.3) is 11.3 Å². The number of aliphatic hydroxyl groups excluding tert-OH is 1. The fourth-order valence-electron chi connectivity index (χ4n) is 3.77. The number of rotatable bonds is 11. The van der Waals surface area contributed by atoms with E-state index in [-0.39, 0.29) is 52.1 Å². The minimum Gasteiger partial charge on any atom is -0.493 e. The van der Waals surface area contributed by atoms with Gasteiger partial charge < -0.3 is 30.2 Å². The van der Waals surface area contributed by atoms with E-state index in [9.17, 15) is 26.9 Å². The van der Waals surface area contributed by atoms with Gasteiger partial charge >= 0.3 is 6.18 Å². The predicted octanol–water partition coefficient (Wildman–Crippen LogP) is 5.51. The summed E-state index contributed by atoms with van der Waals surface area (Å²) in [5, 5.41) is 10.9. The van der Waals surface area contributed by atoms with Crippen molar-refractivity contribution in [2.24, 2.45) is 5.73 Å². The van der Waals surface area contributed by atoms with Gasteiger partial charge in [-0.25, -0.2) is 4.39 Å². The molecule has 0 aliphatic heterocycles. The van der Waals surface area contributed by atoms with Crippen molar-refractivity contribution in [2.75, 3.05) is 26.9 Å². The number of amides is 1. The topological polar surface area (TPSA) is 127 Å². The van der Waals surface area contributed by atoms with Crippen molar-refractivity contribution in [3.8, 4) is 22.8 Å². The highest BCUT2D eigenvalue weighted by atomic mass is 35.5. The van der Waals surface area contributed by atoms with Crippen LogP contribution in [0.15, 0.2) is 48.5 Å². The van der Waals surface area contributed by atoms with Gasteiger partial charge in [-0.05, 0) is 67.9 Å². The third-order valence-electron chi connectivity index (χ3n) is 6.08. The van der Waals surface area contributed by atoms with Crippen molar-refractivity contribution in [1.29, 1.82) is 0 Å². The smallest absolute Gasteiger partial charge is 0.412 e. The Labute approximate surface area is 243 Å². The minimum absolute atomic E-state index is 0.00451. The molecule has 0 aliphatic rings. The summed E-state index contributed by atoms with van der Waals surface area (Å²) in [6, 6.07) is 10.0. The Balaban J connectivity index is 2.07. The van der Waals surface area contributed by atoms with Gasteiger partial charge in [-0.2, -0.15) is 13.2 Å². The second-order valence-electron chi connectivity index (χ2n) is 9.51. The van der Waals surface area contributed by atoms with Crippen LogP contribution in [-0.2, 0) is 10.3 Å². The molecule has 0 spiro atoms. The van der Waals surface area contributed by atoms with E-state index >= 15 is 0 Å². The first-order valence-electron chi connectivity index (χ1n) is 12.0. The highest BCUT2D eigenvalue weighted by Gasteiger charge is 2.59. The highest BCUT2D eigenvalue weighted by molar-refractivity contribution is 7.94. The average Bonchev–Trinajstić information content (AvgIpc) is 2.92. The number of carbonyl (C=O) groups is 1. The molecule has 0 bridgehead atoms. The van der Waals surface area contributed by atoms with E-state index in [1.807, 2.05) is 0 Å². The predicted molar refractivity (Wildman–Crippen MR) is 148 cm³/mol. The molecule has 0 saturated carbocycles. The normalized spacial score (nSPS) is 13.4. The number of nitrogens with zero attached hydrogens (tertiary/aromatic N) is 1. The molecule has 0 aliphatic carbocycles. The number of benzene rings is 2. The second kappa shape index (κ2) is 12.8. The molecule has 14 heteroatoms. The fraction of sp³-hybridized carbons (Fsp3) is 0.333. The first-order valence-corrected chi connectivity index (χ1v) is 13.2. The maximum absolute atomic E-state index is 14.8. The molecule has 41 heavy (non-hydrogen) atoms. The largest absolute Gasteiger partial charge is 0.493 e. The van der Waals surface area contributed by atoms with Crippen LogP contribution in [0.2, 0.25) is 5.02 Å². The quantitative estimate of drug-likeness (QED) is 0.164. The Morgan fingerprint density at radius 2 is 1.83 bits per heavy atom. The van der Waals surface area contributed by atoms with E-state index in [1.165, 1.54) is 43.5 Å². The van der Waals surface area contributed by atoms with Gasteiger partial charge in [-0.1, -0.05) is 11.6 Å². The van der Waals surface area contributed by atoms with Crippen molar-refractivity contribution < 1.29 is 41.5 Å². The maximum Gasteiger partial charge on any atom is 0.412 e. The molecule has 0 radical (unpaired) electrons. The molecule has 0 fully saturated rings. The number of halogens is 5. The lowest BCUT2D eigenvalue weighted by atomic mass is 9.91. The SMILES string of the molecule is COc1cc(C(=O)NCC(SO)(c2cc(C(C)(C)N)cc(-c3ccc(F)c(Cl)c3)n2)C(F)(F)F)ccc1OCCO. The van der Waals surface area contributed by atoms with Crippen LogP contribution in [-0.4, -0.2) is 53.6 Å². The zero-order valence-corrected chi connectivity index (χ0v) is 23.8. The Hall–Kier alpha value is -3.10. The van der Waals surface area contributed by atoms with Gasteiger partial charge in [0.15, 0.2) is 16.2 Å². The Morgan fingerprint density at radius 3 is 2.39 bits per heavy atom. The Morgan fingerprint density at radius 1 is 1.12 bits per heavy atom. The number of hydrogen-bond donors (Lipinski definition) is 4. The summed E-state index contributed by atoms with van der Waals surface area (Å²) in [6.45, 7) is 1.71. The first-order chi connectivity index (χ1) is 19.2. The van der Waals surface area contributed by atoms with Crippen LogP contribution in [0.1, 0.15) is 35.5 Å². The van der Waals surface area contributed by atoms with E-state index in [2.05, 4.69) is 10.3 Å². The average molecular weight is 618 g/mol. The van der Waals surface area contributed by atoms with E-state index in [1.54, 1.807) is 13.8 Å². The van der Waals surface area contributed by atoms with Crippen molar-refractivity contribution in [2.45, 2.75) is 30.3 Å². The molecule has 2 aromatic carbocycles. The zero-order chi connectivity index (χ0) is 30.6. The number of nitrogens with one attached hydrogen (secondary N) is 1. The van der Waals surface area contributed by atoms with Gasteiger partial charge in [0.1, 0.15) is 12.4 Å². The monoisotopic (exact) mass is 617 g/mol. The maximum atomic E-state index is 14.8. The zero-order valence-electron chi connectivity index (χ0n) is 22.2. The van der Waals surface area contributed by atoms with Gasteiger partial charge in [0.05, 0.1) is 30.1 Å². The second-order valence-corrected chi connectivity index (χ2v) is 10.8. The summed E-state index contributed by atoms with van der Waals surface area (Å²) >= 11 is 5.36. The Bertz CT molecular complexity index is 1400. The number of aromatic nitrogens is 1. The molecule has 1 unspecified atom stereocenters. The van der Waals surface area contributed by atoms with Crippen molar-refractivity contribution in [3.63, 3.8) is 0 Å². The number of ether oxygens (including phenoxy) is 2. The van der Waals surface area contributed by atoms with Crippen LogP contribution in [0.4, 0.5) is 17.6 Å². The molecule has 1 aromatic heterocycles. The molecular formula is C27H28ClF4N3O5S. The van der Waals surface area contributed by atoms with Crippen molar-refractivity contribution in [1.82, 2.24) is 10.3 Å². The van der Waals surface area contributed by atoms with Crippen LogP contribution >= 0.6 is 23.6 Å². The first kappa shape index (κ1) is 32.4. The highest BCUT2D eigenvalue weighted by Crippen LogP contribution is 2.48. The molecule has 1 heterocycles. The molecule has 3 rings (SSSR count). The summed E-state index contributed by atoms with van der Waals surface area (Å²) in [5.74, 6) is -1.30. The van der Waals surface area contributed by atoms with Gasteiger partial charge in [0, 0.05) is 35.3 Å².